The van der Waals surface area contributed by atoms with Crippen molar-refractivity contribution in [1.29, 1.82) is 0 Å². The van der Waals surface area contributed by atoms with Crippen molar-refractivity contribution in [1.82, 2.24) is 4.72 Å². The molecule has 26 heavy (non-hydrogen) atoms. The molecule has 5 rings (SSSR count). The highest BCUT2D eigenvalue weighted by molar-refractivity contribution is 6.76. The topological polar surface area (TPSA) is 3.24 Å². The fourth-order valence-corrected chi connectivity index (χ4v) is 7.57. The highest BCUT2D eigenvalue weighted by atomic mass is 15.0. The third-order valence-corrected chi connectivity index (χ3v) is 8.51. The van der Waals surface area contributed by atoms with Crippen molar-refractivity contribution in [3.05, 3.63) is 35.9 Å². The van der Waals surface area contributed by atoms with E-state index in [2.05, 4.69) is 35.1 Å². The minimum atomic E-state index is 0.893. The molecular weight excluding hydrogens is 312 g/mol. The predicted molar refractivity (Wildman–Crippen MR) is 114 cm³/mol. The summed E-state index contributed by atoms with van der Waals surface area (Å²) in [6.45, 7) is 3.00. The molecule has 4 fully saturated rings. The summed E-state index contributed by atoms with van der Waals surface area (Å²) < 4.78 is 3.12. The normalized spacial score (nSPS) is 34.2. The Balaban J connectivity index is 1.48. The molecule has 138 valence electrons. The summed E-state index contributed by atoms with van der Waals surface area (Å²) >= 11 is 0. The SMILES string of the molecule is c1ccc(CN(B2C3CCCC2CCC3)B2C3CCCC2CCC3)cc1. The van der Waals surface area contributed by atoms with E-state index in [1.54, 1.807) is 5.56 Å². The number of fused-ring (bicyclic) bond motifs is 4. The minimum Gasteiger partial charge on any atom is -0.379 e. The molecule has 0 radical (unpaired) electrons. The first-order chi connectivity index (χ1) is 12.9. The Morgan fingerprint density at radius 2 is 1.00 bits per heavy atom. The molecule has 4 saturated heterocycles. The minimum absolute atomic E-state index is 0.893. The van der Waals surface area contributed by atoms with Crippen LogP contribution in [0, 0.1) is 0 Å². The molecule has 0 atom stereocenters. The van der Waals surface area contributed by atoms with E-state index in [4.69, 9.17) is 0 Å². The molecule has 0 saturated carbocycles. The molecule has 0 aliphatic carbocycles. The number of rotatable bonds is 4. The molecule has 0 N–H and O–H groups in total. The van der Waals surface area contributed by atoms with Crippen molar-refractivity contribution in [2.24, 2.45) is 0 Å². The van der Waals surface area contributed by atoms with Crippen LogP contribution in [-0.4, -0.2) is 18.4 Å². The predicted octanol–water partition coefficient (Wildman–Crippen LogP) is 6.69. The summed E-state index contributed by atoms with van der Waals surface area (Å²) in [5, 5.41) is 0. The number of nitrogens with zero attached hydrogens (tertiary/aromatic N) is 1. The lowest BCUT2D eigenvalue weighted by atomic mass is 9.24. The van der Waals surface area contributed by atoms with Gasteiger partial charge in [0.1, 0.15) is 0 Å². The van der Waals surface area contributed by atoms with Gasteiger partial charge >= 0.3 is 0 Å². The van der Waals surface area contributed by atoms with Gasteiger partial charge in [-0.2, -0.15) is 0 Å². The first-order valence-corrected chi connectivity index (χ1v) is 11.7. The fourth-order valence-electron chi connectivity index (χ4n) is 7.57. The average molecular weight is 347 g/mol. The molecule has 0 aromatic heterocycles. The second kappa shape index (κ2) is 7.74. The van der Waals surface area contributed by atoms with E-state index < -0.39 is 0 Å². The maximum Gasteiger partial charge on any atom is 0.218 e. The second-order valence-electron chi connectivity index (χ2n) is 9.90. The molecule has 4 bridgehead atoms. The Morgan fingerprint density at radius 1 is 0.615 bits per heavy atom. The summed E-state index contributed by atoms with van der Waals surface area (Å²) in [7, 11) is 0. The zero-order valence-electron chi connectivity index (χ0n) is 16.5. The Labute approximate surface area is 161 Å². The number of benzene rings is 1. The highest BCUT2D eigenvalue weighted by Gasteiger charge is 2.51. The van der Waals surface area contributed by atoms with E-state index in [-0.39, 0.29) is 0 Å². The standard InChI is InChI=1S/C23H35B2N/c1-2-8-19(9-3-1)18-26(24-20-10-4-11-21(24)13-5-12-20)25-22-14-6-15-23(25)17-7-16-22/h1-3,8-9,20-23H,4-7,10-18H2. The van der Waals surface area contributed by atoms with E-state index in [1.165, 1.54) is 83.6 Å². The summed E-state index contributed by atoms with van der Waals surface area (Å²) in [6, 6.07) is 11.4. The van der Waals surface area contributed by atoms with Crippen LogP contribution in [0.5, 0.6) is 0 Å². The van der Waals surface area contributed by atoms with E-state index in [1.807, 2.05) is 0 Å². The monoisotopic (exact) mass is 347 g/mol. The van der Waals surface area contributed by atoms with Gasteiger partial charge in [0.2, 0.25) is 13.7 Å². The van der Waals surface area contributed by atoms with Crippen LogP contribution in [0.1, 0.15) is 82.6 Å². The van der Waals surface area contributed by atoms with Gasteiger partial charge < -0.3 is 4.72 Å². The average Bonchev–Trinajstić information content (AvgIpc) is 2.66. The molecule has 3 heteroatoms. The number of hydrogen-bond donors (Lipinski definition) is 0. The first kappa shape index (κ1) is 17.4. The van der Waals surface area contributed by atoms with Crippen molar-refractivity contribution in [3.8, 4) is 0 Å². The second-order valence-corrected chi connectivity index (χ2v) is 9.90. The van der Waals surface area contributed by atoms with Gasteiger partial charge in [0, 0.05) is 6.54 Å². The van der Waals surface area contributed by atoms with Gasteiger partial charge in [-0.1, -0.05) is 107 Å². The molecule has 1 aromatic carbocycles. The summed E-state index contributed by atoms with van der Waals surface area (Å²) in [5.41, 5.74) is 1.56. The summed E-state index contributed by atoms with van der Waals surface area (Å²) in [4.78, 5) is 0. The lowest BCUT2D eigenvalue weighted by Crippen LogP contribution is -2.59. The van der Waals surface area contributed by atoms with E-state index in [9.17, 15) is 0 Å². The largest absolute Gasteiger partial charge is 0.379 e. The van der Waals surface area contributed by atoms with Crippen LogP contribution in [0.25, 0.3) is 0 Å². The van der Waals surface area contributed by atoms with Crippen molar-refractivity contribution in [2.45, 2.75) is 107 Å². The van der Waals surface area contributed by atoms with Gasteiger partial charge in [-0.3, -0.25) is 0 Å². The number of hydrogen-bond acceptors (Lipinski definition) is 1. The Kier molecular flexibility index (Phi) is 5.18. The molecule has 4 heterocycles. The molecule has 1 aromatic rings. The summed E-state index contributed by atoms with van der Waals surface area (Å²) in [6.07, 6.45) is 18.1. The maximum atomic E-state index is 3.12. The van der Waals surface area contributed by atoms with Gasteiger partial charge in [0.25, 0.3) is 0 Å². The van der Waals surface area contributed by atoms with Crippen molar-refractivity contribution >= 4 is 13.7 Å². The van der Waals surface area contributed by atoms with Crippen LogP contribution in [-0.2, 0) is 6.54 Å². The van der Waals surface area contributed by atoms with Crippen LogP contribution in [0.15, 0.2) is 30.3 Å². The Bertz CT molecular complexity index is 515. The Hall–Kier alpha value is -0.690. The van der Waals surface area contributed by atoms with Gasteiger partial charge in [-0.05, 0) is 28.8 Å². The highest BCUT2D eigenvalue weighted by Crippen LogP contribution is 2.53. The molecule has 1 nitrogen and oxygen atoms in total. The van der Waals surface area contributed by atoms with Gasteiger partial charge in [0.15, 0.2) is 0 Å². The maximum absolute atomic E-state index is 3.12. The molecule has 4 aliphatic rings. The van der Waals surface area contributed by atoms with E-state index in [0.29, 0.717) is 0 Å². The van der Waals surface area contributed by atoms with Crippen molar-refractivity contribution in [2.75, 3.05) is 0 Å². The van der Waals surface area contributed by atoms with Crippen LogP contribution in [0.4, 0.5) is 0 Å². The quantitative estimate of drug-likeness (QED) is 0.549. The van der Waals surface area contributed by atoms with Crippen LogP contribution >= 0.6 is 0 Å². The molecule has 0 unspecified atom stereocenters. The zero-order valence-corrected chi connectivity index (χ0v) is 16.5. The van der Waals surface area contributed by atoms with Gasteiger partial charge in [-0.15, -0.1) is 0 Å². The van der Waals surface area contributed by atoms with Gasteiger partial charge in [0.05, 0.1) is 0 Å². The first-order valence-electron chi connectivity index (χ1n) is 11.7. The zero-order chi connectivity index (χ0) is 17.3. The Morgan fingerprint density at radius 3 is 1.38 bits per heavy atom. The molecular formula is C23H35B2N. The third kappa shape index (κ3) is 3.30. The molecule has 4 aliphatic heterocycles. The fraction of sp³-hybridized carbons (Fsp3) is 0.739. The lowest BCUT2D eigenvalue weighted by Gasteiger charge is -2.53. The third-order valence-electron chi connectivity index (χ3n) is 8.51. The van der Waals surface area contributed by atoms with Crippen LogP contribution in [0.3, 0.4) is 0 Å². The smallest absolute Gasteiger partial charge is 0.218 e. The van der Waals surface area contributed by atoms with E-state index >= 15 is 0 Å². The molecule has 0 amide bonds. The summed E-state index contributed by atoms with van der Waals surface area (Å²) in [5.74, 6) is 3.98. The van der Waals surface area contributed by atoms with Crippen LogP contribution in [0.2, 0.25) is 23.3 Å². The molecule has 0 spiro atoms. The van der Waals surface area contributed by atoms with Crippen molar-refractivity contribution < 1.29 is 0 Å². The van der Waals surface area contributed by atoms with Gasteiger partial charge in [-0.25, -0.2) is 0 Å². The van der Waals surface area contributed by atoms with E-state index in [0.717, 1.165) is 37.0 Å². The van der Waals surface area contributed by atoms with Crippen LogP contribution < -0.4 is 0 Å². The van der Waals surface area contributed by atoms with Crippen molar-refractivity contribution in [3.63, 3.8) is 0 Å². The lowest BCUT2D eigenvalue weighted by molar-refractivity contribution is 0.375.